The topological polar surface area (TPSA) is 104 Å². The van der Waals surface area contributed by atoms with Gasteiger partial charge in [0.05, 0.1) is 6.42 Å². The van der Waals surface area contributed by atoms with Crippen LogP contribution in [0, 0.1) is 24.6 Å². The van der Waals surface area contributed by atoms with Gasteiger partial charge in [-0.05, 0) is 41.3 Å². The Morgan fingerprint density at radius 2 is 1.84 bits per heavy atom. The molecule has 0 radical (unpaired) electrons. The summed E-state index contributed by atoms with van der Waals surface area (Å²) in [6, 6.07) is 11.9. The lowest BCUT2D eigenvalue weighted by atomic mass is 9.80. The smallest absolute Gasteiger partial charge is 0.410 e. The predicted molar refractivity (Wildman–Crippen MR) is 114 cm³/mol. The number of carboxylic acids is 2. The Hall–Kier alpha value is -3.68. The van der Waals surface area contributed by atoms with Gasteiger partial charge in [0.15, 0.2) is 0 Å². The number of halogens is 1. The summed E-state index contributed by atoms with van der Waals surface area (Å²) >= 11 is 0. The Balaban J connectivity index is 1.88. The van der Waals surface area contributed by atoms with Gasteiger partial charge in [0, 0.05) is 18.4 Å². The average Bonchev–Trinajstić information content (AvgIpc) is 3.13. The molecule has 8 heteroatoms. The van der Waals surface area contributed by atoms with Crippen LogP contribution in [0.3, 0.4) is 0 Å². The van der Waals surface area contributed by atoms with Crippen LogP contribution in [0.4, 0.5) is 9.18 Å². The van der Waals surface area contributed by atoms with Crippen LogP contribution in [0.1, 0.15) is 23.1 Å². The number of carbonyl (C=O) groups is 3. The van der Waals surface area contributed by atoms with E-state index in [1.54, 1.807) is 37.3 Å². The van der Waals surface area contributed by atoms with Gasteiger partial charge < -0.3 is 14.9 Å². The van der Waals surface area contributed by atoms with Gasteiger partial charge in [-0.25, -0.2) is 14.0 Å². The summed E-state index contributed by atoms with van der Waals surface area (Å²) in [6.45, 7) is 5.50. The van der Waals surface area contributed by atoms with E-state index in [0.717, 1.165) is 10.5 Å². The molecule has 1 heterocycles. The van der Waals surface area contributed by atoms with Crippen molar-refractivity contribution in [1.82, 2.24) is 4.90 Å². The first-order valence-electron chi connectivity index (χ1n) is 10.1. The third kappa shape index (κ3) is 4.96. The maximum absolute atomic E-state index is 13.7. The highest BCUT2D eigenvalue weighted by Gasteiger charge is 2.50. The number of aliphatic carboxylic acids is 2. The molecule has 0 spiro atoms. The molecule has 0 aliphatic carbocycles. The molecule has 0 saturated carbocycles. The van der Waals surface area contributed by atoms with Crippen LogP contribution in [0.2, 0.25) is 0 Å². The first kappa shape index (κ1) is 23.0. The standard InChI is InChI=1S/C24H24FNO6/c1-14-10-17(8-9-20(14)25)15(2)19-12-26(22(23(29)30)18(19)11-21(27)28)24(31)32-13-16-6-4-3-5-7-16/h3-10,18-19,22H,2,11-13H2,1H3,(H,27,28)(H,29,30)/t18-,19+,22-/m0/s1. The minimum atomic E-state index is -1.39. The van der Waals surface area contributed by atoms with Crippen LogP contribution >= 0.6 is 0 Å². The molecule has 1 saturated heterocycles. The predicted octanol–water partition coefficient (Wildman–Crippen LogP) is 3.96. The molecule has 3 rings (SSSR count). The summed E-state index contributed by atoms with van der Waals surface area (Å²) in [5.74, 6) is -4.48. The van der Waals surface area contributed by atoms with Crippen molar-refractivity contribution in [2.75, 3.05) is 6.54 Å². The van der Waals surface area contributed by atoms with Gasteiger partial charge >= 0.3 is 18.0 Å². The molecule has 32 heavy (non-hydrogen) atoms. The summed E-state index contributed by atoms with van der Waals surface area (Å²) in [6.07, 6.45) is -1.31. The lowest BCUT2D eigenvalue weighted by Gasteiger charge is -2.24. The zero-order valence-electron chi connectivity index (χ0n) is 17.5. The summed E-state index contributed by atoms with van der Waals surface area (Å²) in [5, 5.41) is 19.2. The Morgan fingerprint density at radius 3 is 2.44 bits per heavy atom. The summed E-state index contributed by atoms with van der Waals surface area (Å²) in [5.41, 5.74) is 2.12. The fourth-order valence-electron chi connectivity index (χ4n) is 4.10. The van der Waals surface area contributed by atoms with Crippen LogP contribution in [-0.2, 0) is 20.9 Å². The van der Waals surface area contributed by atoms with Crippen molar-refractivity contribution >= 4 is 23.6 Å². The van der Waals surface area contributed by atoms with Gasteiger partial charge in [0.2, 0.25) is 0 Å². The quantitative estimate of drug-likeness (QED) is 0.674. The van der Waals surface area contributed by atoms with E-state index in [0.29, 0.717) is 16.7 Å². The molecule has 2 N–H and O–H groups in total. The maximum Gasteiger partial charge on any atom is 0.410 e. The molecule has 0 unspecified atom stereocenters. The fraction of sp³-hybridized carbons (Fsp3) is 0.292. The number of carbonyl (C=O) groups excluding carboxylic acids is 1. The molecule has 2 aromatic carbocycles. The van der Waals surface area contributed by atoms with E-state index < -0.39 is 48.1 Å². The zero-order valence-corrected chi connectivity index (χ0v) is 17.5. The van der Waals surface area contributed by atoms with Gasteiger partial charge in [-0.15, -0.1) is 0 Å². The van der Waals surface area contributed by atoms with Crippen LogP contribution in [0.5, 0.6) is 0 Å². The van der Waals surface area contributed by atoms with E-state index in [1.165, 1.54) is 12.1 Å². The molecule has 7 nitrogen and oxygen atoms in total. The number of benzene rings is 2. The SMILES string of the molecule is C=C(c1ccc(F)c(C)c1)[C@H]1CN(C(=O)OCc2ccccc2)[C@H](C(=O)O)[C@H]1CC(=O)O. The highest BCUT2D eigenvalue weighted by molar-refractivity contribution is 5.84. The second kappa shape index (κ2) is 9.64. The van der Waals surface area contributed by atoms with Crippen LogP contribution < -0.4 is 0 Å². The van der Waals surface area contributed by atoms with Gasteiger partial charge in [-0.3, -0.25) is 9.69 Å². The Morgan fingerprint density at radius 1 is 1.16 bits per heavy atom. The Labute approximate surface area is 184 Å². The first-order chi connectivity index (χ1) is 15.2. The monoisotopic (exact) mass is 441 g/mol. The van der Waals surface area contributed by atoms with Gasteiger partial charge in [0.1, 0.15) is 18.5 Å². The summed E-state index contributed by atoms with van der Waals surface area (Å²) in [7, 11) is 0. The van der Waals surface area contributed by atoms with E-state index in [-0.39, 0.29) is 13.2 Å². The average molecular weight is 441 g/mol. The molecule has 1 aliphatic heterocycles. The molecule has 168 valence electrons. The fourth-order valence-corrected chi connectivity index (χ4v) is 4.10. The second-order valence-corrected chi connectivity index (χ2v) is 7.83. The van der Waals surface area contributed by atoms with E-state index in [4.69, 9.17) is 4.74 Å². The Bertz CT molecular complexity index is 1040. The number of aryl methyl sites for hydroxylation is 1. The zero-order chi connectivity index (χ0) is 23.4. The molecule has 1 fully saturated rings. The van der Waals surface area contributed by atoms with Crippen LogP contribution in [-0.4, -0.2) is 45.7 Å². The van der Waals surface area contributed by atoms with Gasteiger partial charge in [-0.2, -0.15) is 0 Å². The number of carboxylic acid groups (broad SMARTS) is 2. The van der Waals surface area contributed by atoms with Crippen LogP contribution in [0.25, 0.3) is 5.57 Å². The van der Waals surface area contributed by atoms with Gasteiger partial charge in [-0.1, -0.05) is 43.0 Å². The van der Waals surface area contributed by atoms with Crippen molar-refractivity contribution < 1.29 is 33.7 Å². The van der Waals surface area contributed by atoms with Crippen molar-refractivity contribution in [3.63, 3.8) is 0 Å². The van der Waals surface area contributed by atoms with E-state index in [9.17, 15) is 29.0 Å². The van der Waals surface area contributed by atoms with Crippen molar-refractivity contribution in [3.05, 3.63) is 77.6 Å². The minimum Gasteiger partial charge on any atom is -0.481 e. The third-order valence-electron chi connectivity index (χ3n) is 5.73. The number of amides is 1. The lowest BCUT2D eigenvalue weighted by molar-refractivity contribution is -0.144. The summed E-state index contributed by atoms with van der Waals surface area (Å²) in [4.78, 5) is 37.4. The molecular weight excluding hydrogens is 417 g/mol. The van der Waals surface area contributed by atoms with Crippen LogP contribution in [0.15, 0.2) is 55.1 Å². The minimum absolute atomic E-state index is 0.0467. The summed E-state index contributed by atoms with van der Waals surface area (Å²) < 4.78 is 19.0. The van der Waals surface area contributed by atoms with Crippen molar-refractivity contribution in [2.24, 2.45) is 11.8 Å². The van der Waals surface area contributed by atoms with Crippen molar-refractivity contribution in [2.45, 2.75) is 26.0 Å². The number of ether oxygens (including phenoxy) is 1. The highest BCUT2D eigenvalue weighted by Crippen LogP contribution is 2.41. The normalized spacial score (nSPS) is 20.1. The number of rotatable bonds is 7. The van der Waals surface area contributed by atoms with Crippen molar-refractivity contribution in [1.29, 1.82) is 0 Å². The van der Waals surface area contributed by atoms with Crippen molar-refractivity contribution in [3.8, 4) is 0 Å². The van der Waals surface area contributed by atoms with E-state index in [1.807, 2.05) is 6.07 Å². The molecule has 2 aromatic rings. The molecule has 0 bridgehead atoms. The third-order valence-corrected chi connectivity index (χ3v) is 5.73. The molecule has 1 amide bonds. The lowest BCUT2D eigenvalue weighted by Crippen LogP contribution is -2.44. The highest BCUT2D eigenvalue weighted by atomic mass is 19.1. The number of hydrogen-bond acceptors (Lipinski definition) is 4. The molecular formula is C24H24FNO6. The molecule has 1 aliphatic rings. The number of likely N-dealkylation sites (tertiary alicyclic amines) is 1. The molecule has 0 aromatic heterocycles. The first-order valence-corrected chi connectivity index (χ1v) is 10.1. The van der Waals surface area contributed by atoms with E-state index in [2.05, 4.69) is 6.58 Å². The Kier molecular flexibility index (Phi) is 6.92. The number of hydrogen-bond donors (Lipinski definition) is 2. The second-order valence-electron chi connectivity index (χ2n) is 7.83. The molecule has 3 atom stereocenters. The number of nitrogens with zero attached hydrogens (tertiary/aromatic N) is 1. The largest absolute Gasteiger partial charge is 0.481 e. The van der Waals surface area contributed by atoms with Gasteiger partial charge in [0.25, 0.3) is 0 Å². The maximum atomic E-state index is 13.7. The van der Waals surface area contributed by atoms with E-state index >= 15 is 0 Å².